The van der Waals surface area contributed by atoms with Crippen molar-refractivity contribution in [1.82, 2.24) is 5.32 Å². The first-order valence-electron chi connectivity index (χ1n) is 16.3. The normalized spacial score (nSPS) is 13.5. The number of carboxylic acids is 1. The molecule has 0 saturated heterocycles. The third kappa shape index (κ3) is 22.0. The molecule has 0 bridgehead atoms. The summed E-state index contributed by atoms with van der Waals surface area (Å²) in [6, 6.07) is -2.20. The predicted molar refractivity (Wildman–Crippen MR) is 163 cm³/mol. The maximum Gasteiger partial charge on any atom is 0.326 e. The summed E-state index contributed by atoms with van der Waals surface area (Å²) in [7, 11) is 0. The number of amides is 1. The van der Waals surface area contributed by atoms with Crippen LogP contribution in [-0.2, 0) is 19.2 Å². The minimum atomic E-state index is -1.32. The molecule has 0 rings (SSSR count). The second-order valence-electron chi connectivity index (χ2n) is 11.4. The molecule has 0 saturated carbocycles. The number of unbranched alkanes of at least 4 members (excludes halogenated alkanes) is 18. The summed E-state index contributed by atoms with van der Waals surface area (Å²) < 4.78 is 0. The molecule has 3 atom stereocenters. The highest BCUT2D eigenvalue weighted by molar-refractivity contribution is 5.97. The largest absolute Gasteiger partial charge is 0.480 e. The molecular weight excluding hydrogens is 506 g/mol. The lowest BCUT2D eigenvalue weighted by Crippen LogP contribution is -2.45. The molecule has 6 N–H and O–H groups in total. The van der Waals surface area contributed by atoms with Gasteiger partial charge in [-0.3, -0.25) is 14.4 Å². The molecule has 0 heterocycles. The van der Waals surface area contributed by atoms with Crippen molar-refractivity contribution in [1.29, 1.82) is 0 Å². The van der Waals surface area contributed by atoms with Crippen molar-refractivity contribution in [3.8, 4) is 0 Å². The fourth-order valence-corrected chi connectivity index (χ4v) is 5.04. The van der Waals surface area contributed by atoms with Crippen molar-refractivity contribution in [2.24, 2.45) is 17.4 Å². The second-order valence-corrected chi connectivity index (χ2v) is 11.4. The van der Waals surface area contributed by atoms with Crippen molar-refractivity contribution in [2.45, 2.75) is 167 Å². The maximum atomic E-state index is 12.4. The zero-order valence-corrected chi connectivity index (χ0v) is 25.4. The number of hydrogen-bond donors (Lipinski definition) is 4. The average molecular weight is 567 g/mol. The summed E-state index contributed by atoms with van der Waals surface area (Å²) in [5, 5.41) is 11.9. The number of carbonyl (C=O) groups is 3. The molecule has 0 aliphatic heterocycles. The van der Waals surface area contributed by atoms with E-state index >= 15 is 0 Å². The Kier molecular flexibility index (Phi) is 26.1. The van der Waals surface area contributed by atoms with Crippen LogP contribution >= 0.6 is 0 Å². The highest BCUT2D eigenvalue weighted by atomic mass is 16.4. The van der Waals surface area contributed by atoms with Crippen LogP contribution in [0, 0.1) is 5.92 Å². The minimum absolute atomic E-state index is 0.227. The van der Waals surface area contributed by atoms with E-state index in [4.69, 9.17) is 11.5 Å². The third-order valence-corrected chi connectivity index (χ3v) is 7.68. The average Bonchev–Trinajstić information content (AvgIpc) is 2.94. The summed E-state index contributed by atoms with van der Waals surface area (Å²) >= 11 is 0. The Morgan fingerprint density at radius 3 is 1.57 bits per heavy atom. The molecule has 1 radical (unpaired) electrons. The lowest BCUT2D eigenvalue weighted by Gasteiger charge is -2.19. The van der Waals surface area contributed by atoms with Gasteiger partial charge in [-0.2, -0.15) is 0 Å². The summed E-state index contributed by atoms with van der Waals surface area (Å²) in [6.07, 6.45) is 26.0. The van der Waals surface area contributed by atoms with E-state index in [2.05, 4.69) is 12.2 Å². The van der Waals surface area contributed by atoms with Gasteiger partial charge in [0.2, 0.25) is 12.2 Å². The zero-order valence-electron chi connectivity index (χ0n) is 25.4. The van der Waals surface area contributed by atoms with Crippen LogP contribution in [0.25, 0.3) is 0 Å². The maximum absolute atomic E-state index is 12.4. The van der Waals surface area contributed by atoms with Gasteiger partial charge in [0, 0.05) is 6.42 Å². The summed E-state index contributed by atoms with van der Waals surface area (Å²) in [6.45, 7) is 2.74. The quantitative estimate of drug-likeness (QED) is 0.0602. The second kappa shape index (κ2) is 27.4. The van der Waals surface area contributed by atoms with Crippen LogP contribution in [-0.4, -0.2) is 47.7 Å². The molecule has 8 heteroatoms. The van der Waals surface area contributed by atoms with Gasteiger partial charge < -0.3 is 21.9 Å². The van der Waals surface area contributed by atoms with Crippen LogP contribution in [0.2, 0.25) is 0 Å². The molecular formula is C32H60N3O5. The Morgan fingerprint density at radius 1 is 0.725 bits per heavy atom. The fraction of sp³-hybridized carbons (Fsp3) is 0.875. The van der Waals surface area contributed by atoms with Gasteiger partial charge >= 0.3 is 5.97 Å². The van der Waals surface area contributed by atoms with E-state index in [-0.39, 0.29) is 18.7 Å². The fourth-order valence-electron chi connectivity index (χ4n) is 5.04. The first-order valence-corrected chi connectivity index (χ1v) is 16.3. The van der Waals surface area contributed by atoms with Gasteiger partial charge in [-0.25, -0.2) is 4.79 Å². The lowest BCUT2D eigenvalue weighted by molar-refractivity contribution is -0.142. The topological polar surface area (TPSA) is 153 Å². The van der Waals surface area contributed by atoms with Crippen LogP contribution in [0.15, 0.2) is 0 Å². The number of hydrogen-bond acceptors (Lipinski definition) is 6. The summed E-state index contributed by atoms with van der Waals surface area (Å²) in [5.41, 5.74) is 11.3. The molecule has 1 amide bonds. The molecule has 0 aromatic heterocycles. The number of aliphatic carboxylic acids is 1. The highest BCUT2D eigenvalue weighted by Crippen LogP contribution is 2.15. The van der Waals surface area contributed by atoms with Gasteiger partial charge in [0.15, 0.2) is 5.78 Å². The minimum Gasteiger partial charge on any atom is -0.480 e. The number of nitrogens with one attached hydrogen (secondary N) is 1. The molecule has 0 aromatic rings. The number of rotatable bonds is 30. The Morgan fingerprint density at radius 2 is 1.18 bits per heavy atom. The smallest absolute Gasteiger partial charge is 0.326 e. The molecule has 0 aliphatic rings. The van der Waals surface area contributed by atoms with Crippen molar-refractivity contribution in [3.05, 3.63) is 0 Å². The standard InChI is InChI=1S/C32H60N3O5/c1-2-3-4-5-6-7-8-9-10-11-12-13-14-15-16-17-18-19-23-30(37)35-29(32(39)40)25-27(26-36)31(38)28(34)22-20-21-24-33/h27-29H,2-25,33-34H2,1H3,(H,35,37)(H,39,40)/t27?,28-,29-/m0/s1. The molecule has 1 unspecified atom stereocenters. The SMILES string of the molecule is CCCCCCCCCCCCCCCCCCCCC(=O)N[C@@H](CC([C]=O)C(=O)[C@@H](N)CCCCN)C(=O)O. The number of carbonyl (C=O) groups excluding carboxylic acids is 3. The predicted octanol–water partition coefficient (Wildman–Crippen LogP) is 6.13. The summed E-state index contributed by atoms with van der Waals surface area (Å²) in [4.78, 5) is 47.7. The van der Waals surface area contributed by atoms with Gasteiger partial charge in [0.1, 0.15) is 6.04 Å². The first-order chi connectivity index (χ1) is 19.4. The van der Waals surface area contributed by atoms with E-state index in [1.807, 2.05) is 0 Å². The van der Waals surface area contributed by atoms with E-state index in [1.54, 1.807) is 6.29 Å². The van der Waals surface area contributed by atoms with Crippen LogP contribution in [0.1, 0.15) is 155 Å². The van der Waals surface area contributed by atoms with Crippen LogP contribution in [0.4, 0.5) is 0 Å². The Labute approximate surface area is 244 Å². The van der Waals surface area contributed by atoms with Gasteiger partial charge in [-0.15, -0.1) is 0 Å². The van der Waals surface area contributed by atoms with E-state index < -0.39 is 29.8 Å². The van der Waals surface area contributed by atoms with Gasteiger partial charge in [-0.05, 0) is 32.2 Å². The molecule has 0 spiro atoms. The van der Waals surface area contributed by atoms with Gasteiger partial charge in [-0.1, -0.05) is 122 Å². The molecule has 8 nitrogen and oxygen atoms in total. The Bertz CT molecular complexity index is 658. The third-order valence-electron chi connectivity index (χ3n) is 7.68. The monoisotopic (exact) mass is 566 g/mol. The first kappa shape index (κ1) is 38.2. The van der Waals surface area contributed by atoms with Crippen molar-refractivity contribution in [3.63, 3.8) is 0 Å². The van der Waals surface area contributed by atoms with Crippen molar-refractivity contribution in [2.75, 3.05) is 6.54 Å². The lowest BCUT2D eigenvalue weighted by atomic mass is 9.90. The van der Waals surface area contributed by atoms with Gasteiger partial charge in [0.05, 0.1) is 12.0 Å². The number of nitrogens with two attached hydrogens (primary N) is 2. The van der Waals surface area contributed by atoms with E-state index in [1.165, 1.54) is 89.9 Å². The van der Waals surface area contributed by atoms with Crippen molar-refractivity contribution >= 4 is 23.9 Å². The van der Waals surface area contributed by atoms with E-state index in [9.17, 15) is 24.3 Å². The van der Waals surface area contributed by atoms with Crippen LogP contribution in [0.5, 0.6) is 0 Å². The van der Waals surface area contributed by atoms with Crippen LogP contribution < -0.4 is 16.8 Å². The zero-order chi connectivity index (χ0) is 29.8. The number of carboxylic acid groups (broad SMARTS) is 1. The molecule has 0 fully saturated rings. The van der Waals surface area contributed by atoms with Gasteiger partial charge in [0.25, 0.3) is 0 Å². The number of ketones is 1. The Hall–Kier alpha value is -1.80. The highest BCUT2D eigenvalue weighted by Gasteiger charge is 2.31. The molecule has 0 aliphatic carbocycles. The molecule has 40 heavy (non-hydrogen) atoms. The Balaban J connectivity index is 3.87. The summed E-state index contributed by atoms with van der Waals surface area (Å²) in [5.74, 6) is -3.49. The van der Waals surface area contributed by atoms with Crippen LogP contribution in [0.3, 0.4) is 0 Å². The molecule has 233 valence electrons. The number of Topliss-reactive ketones (excluding diaryl/α,β-unsaturated/α-hetero) is 1. The van der Waals surface area contributed by atoms with E-state index in [0.29, 0.717) is 32.2 Å². The molecule has 0 aromatic carbocycles. The van der Waals surface area contributed by atoms with Crippen molar-refractivity contribution < 1.29 is 24.3 Å². The van der Waals surface area contributed by atoms with E-state index in [0.717, 1.165) is 19.3 Å².